The lowest BCUT2D eigenvalue weighted by Crippen LogP contribution is -2.00. The van der Waals surface area contributed by atoms with Gasteiger partial charge in [-0.3, -0.25) is 4.40 Å². The first-order valence-corrected chi connectivity index (χ1v) is 19.5. The van der Waals surface area contributed by atoms with Gasteiger partial charge in [0, 0.05) is 32.2 Å². The Labute approximate surface area is 326 Å². The smallest absolute Gasteiger partial charge is 0.164 e. The van der Waals surface area contributed by atoms with E-state index in [1.54, 1.807) is 11.3 Å². The molecule has 11 aromatic rings. The minimum absolute atomic E-state index is 0.619. The molecule has 7 aromatic carbocycles. The van der Waals surface area contributed by atoms with Gasteiger partial charge >= 0.3 is 0 Å². The molecule has 5 nitrogen and oxygen atoms in total. The average molecular weight is 734 g/mol. The molecule has 4 aromatic heterocycles. The molecule has 11 rings (SSSR count). The Morgan fingerprint density at radius 1 is 0.357 bits per heavy atom. The lowest BCUT2D eigenvalue weighted by Gasteiger charge is -2.11. The van der Waals surface area contributed by atoms with E-state index in [1.165, 1.54) is 31.3 Å². The van der Waals surface area contributed by atoms with Gasteiger partial charge in [-0.05, 0) is 52.1 Å². The fourth-order valence-corrected chi connectivity index (χ4v) is 8.81. The van der Waals surface area contributed by atoms with Crippen molar-refractivity contribution in [1.82, 2.24) is 24.3 Å². The second-order valence-electron chi connectivity index (χ2n) is 13.9. The van der Waals surface area contributed by atoms with E-state index in [2.05, 4.69) is 180 Å². The van der Waals surface area contributed by atoms with Crippen molar-refractivity contribution >= 4 is 48.2 Å². The monoisotopic (exact) mass is 733 g/mol. The summed E-state index contributed by atoms with van der Waals surface area (Å²) in [5.74, 6) is 1.87. The molecular weight excluding hydrogens is 703 g/mol. The molecule has 4 heterocycles. The highest BCUT2D eigenvalue weighted by Crippen LogP contribution is 2.41. The number of nitrogens with zero attached hydrogens (tertiary/aromatic N) is 5. The maximum atomic E-state index is 5.16. The predicted octanol–water partition coefficient (Wildman–Crippen LogP) is 13.0. The van der Waals surface area contributed by atoms with E-state index in [0.29, 0.717) is 17.5 Å². The SMILES string of the molecule is c1ccc(-c2ccc(-c3nc(-c4ccc(-c5ccccc5)cc4)nc(-c4ccc(-c5cc6c7ccccc7sc6c6nc7ccccc7n56)cc4)n3)cc2)cc1. The first-order valence-electron chi connectivity index (χ1n) is 18.6. The number of benzene rings is 7. The summed E-state index contributed by atoms with van der Waals surface area (Å²) in [5, 5.41) is 2.47. The van der Waals surface area contributed by atoms with Crippen molar-refractivity contribution < 1.29 is 0 Å². The molecule has 0 amide bonds. The van der Waals surface area contributed by atoms with Crippen molar-refractivity contribution in [1.29, 1.82) is 0 Å². The third-order valence-corrected chi connectivity index (χ3v) is 11.7. The van der Waals surface area contributed by atoms with Gasteiger partial charge < -0.3 is 0 Å². The molecule has 0 aliphatic carbocycles. The molecule has 56 heavy (non-hydrogen) atoms. The quantitative estimate of drug-likeness (QED) is 0.171. The predicted molar refractivity (Wildman–Crippen MR) is 232 cm³/mol. The number of aromatic nitrogens is 5. The Bertz CT molecular complexity index is 3100. The van der Waals surface area contributed by atoms with E-state index in [0.717, 1.165) is 55.8 Å². The number of thiophene rings is 1. The van der Waals surface area contributed by atoms with E-state index in [1.807, 2.05) is 12.1 Å². The van der Waals surface area contributed by atoms with Crippen LogP contribution in [0.25, 0.3) is 105 Å². The zero-order valence-electron chi connectivity index (χ0n) is 30.0. The summed E-state index contributed by atoms with van der Waals surface area (Å²) in [6.45, 7) is 0. The van der Waals surface area contributed by atoms with Gasteiger partial charge in [-0.1, -0.05) is 164 Å². The third-order valence-electron chi connectivity index (χ3n) is 10.5. The Balaban J connectivity index is 1.03. The van der Waals surface area contributed by atoms with Crippen molar-refractivity contribution in [2.45, 2.75) is 0 Å². The molecule has 0 spiro atoms. The van der Waals surface area contributed by atoms with Crippen LogP contribution < -0.4 is 0 Å². The van der Waals surface area contributed by atoms with Crippen molar-refractivity contribution in [2.24, 2.45) is 0 Å². The average Bonchev–Trinajstić information content (AvgIpc) is 3.86. The van der Waals surface area contributed by atoms with Crippen molar-refractivity contribution in [3.8, 4) is 67.7 Å². The first-order chi connectivity index (χ1) is 27.7. The van der Waals surface area contributed by atoms with Crippen molar-refractivity contribution in [3.05, 3.63) is 188 Å². The summed E-state index contributed by atoms with van der Waals surface area (Å²) in [6.07, 6.45) is 0. The normalized spacial score (nSPS) is 11.6. The molecule has 0 saturated heterocycles. The molecule has 6 heteroatoms. The summed E-state index contributed by atoms with van der Waals surface area (Å²) >= 11 is 1.80. The van der Waals surface area contributed by atoms with Crippen LogP contribution in [-0.2, 0) is 0 Å². The number of rotatable bonds is 6. The van der Waals surface area contributed by atoms with Gasteiger partial charge in [0.1, 0.15) is 0 Å². The number of para-hydroxylation sites is 2. The number of hydrogen-bond donors (Lipinski definition) is 0. The van der Waals surface area contributed by atoms with Crippen molar-refractivity contribution in [2.75, 3.05) is 0 Å². The van der Waals surface area contributed by atoms with E-state index < -0.39 is 0 Å². The van der Waals surface area contributed by atoms with Crippen LogP contribution in [0.15, 0.2) is 188 Å². The largest absolute Gasteiger partial charge is 0.291 e. The summed E-state index contributed by atoms with van der Waals surface area (Å²) in [6, 6.07) is 65.6. The molecule has 0 bridgehead atoms. The zero-order valence-corrected chi connectivity index (χ0v) is 30.9. The van der Waals surface area contributed by atoms with Gasteiger partial charge in [0.2, 0.25) is 0 Å². The van der Waals surface area contributed by atoms with Crippen LogP contribution in [0.3, 0.4) is 0 Å². The Morgan fingerprint density at radius 2 is 0.804 bits per heavy atom. The number of pyridine rings is 1. The van der Waals surface area contributed by atoms with Gasteiger partial charge in [-0.25, -0.2) is 19.9 Å². The minimum atomic E-state index is 0.619. The molecule has 0 radical (unpaired) electrons. The lowest BCUT2D eigenvalue weighted by molar-refractivity contribution is 1.07. The first kappa shape index (κ1) is 32.2. The topological polar surface area (TPSA) is 56.0 Å². The van der Waals surface area contributed by atoms with Gasteiger partial charge in [0.25, 0.3) is 0 Å². The number of fused-ring (bicyclic) bond motifs is 7. The van der Waals surface area contributed by atoms with Crippen LogP contribution in [0.1, 0.15) is 0 Å². The summed E-state index contributed by atoms with van der Waals surface area (Å²) in [4.78, 5) is 20.4. The molecule has 0 aliphatic rings. The van der Waals surface area contributed by atoms with Gasteiger partial charge in [-0.2, -0.15) is 0 Å². The van der Waals surface area contributed by atoms with Gasteiger partial charge in [0.15, 0.2) is 23.1 Å². The van der Waals surface area contributed by atoms with Crippen molar-refractivity contribution in [3.63, 3.8) is 0 Å². The highest BCUT2D eigenvalue weighted by molar-refractivity contribution is 7.26. The van der Waals surface area contributed by atoms with Crippen LogP contribution in [-0.4, -0.2) is 24.3 Å². The maximum Gasteiger partial charge on any atom is 0.164 e. The fourth-order valence-electron chi connectivity index (χ4n) is 7.65. The van der Waals surface area contributed by atoms with Crippen LogP contribution in [0.4, 0.5) is 0 Å². The van der Waals surface area contributed by atoms with Gasteiger partial charge in [0.05, 0.1) is 21.4 Å². The second-order valence-corrected chi connectivity index (χ2v) is 15.0. The molecular formula is C50H31N5S. The highest BCUT2D eigenvalue weighted by atomic mass is 32.1. The Kier molecular flexibility index (Phi) is 7.60. The molecule has 0 atom stereocenters. The molecule has 0 aliphatic heterocycles. The van der Waals surface area contributed by atoms with Crippen LogP contribution in [0.2, 0.25) is 0 Å². The molecule has 0 saturated carbocycles. The van der Waals surface area contributed by atoms with E-state index >= 15 is 0 Å². The molecule has 0 N–H and O–H groups in total. The van der Waals surface area contributed by atoms with Crippen LogP contribution >= 0.6 is 11.3 Å². The van der Waals surface area contributed by atoms with E-state index in [4.69, 9.17) is 19.9 Å². The summed E-state index contributed by atoms with van der Waals surface area (Å²) in [5.41, 5.74) is 12.6. The standard InChI is InChI=1S/C50H31N5S/c1-3-11-32(12-4-1)34-19-25-37(26-20-34)47-52-48(38-27-21-35(22-28-38)33-13-5-2-6-14-33)54-49(53-47)39-29-23-36(24-30-39)44-31-41-40-15-7-10-18-45(40)56-46(41)50-51-42-16-8-9-17-43(42)55(44)50/h1-31H. The van der Waals surface area contributed by atoms with Crippen LogP contribution in [0, 0.1) is 0 Å². The highest BCUT2D eigenvalue weighted by Gasteiger charge is 2.18. The van der Waals surface area contributed by atoms with E-state index in [-0.39, 0.29) is 0 Å². The molecule has 262 valence electrons. The third kappa shape index (κ3) is 5.54. The second kappa shape index (κ2) is 13.2. The lowest BCUT2D eigenvalue weighted by atomic mass is 10.0. The zero-order chi connectivity index (χ0) is 37.0. The van der Waals surface area contributed by atoms with Gasteiger partial charge in [-0.15, -0.1) is 11.3 Å². The fraction of sp³-hybridized carbons (Fsp3) is 0. The summed E-state index contributed by atoms with van der Waals surface area (Å²) < 4.78 is 4.76. The van der Waals surface area contributed by atoms with E-state index in [9.17, 15) is 0 Å². The molecule has 0 unspecified atom stereocenters. The summed E-state index contributed by atoms with van der Waals surface area (Å²) in [7, 11) is 0. The number of imidazole rings is 1. The minimum Gasteiger partial charge on any atom is -0.291 e. The Morgan fingerprint density at radius 3 is 1.38 bits per heavy atom. The van der Waals surface area contributed by atoms with Crippen LogP contribution in [0.5, 0.6) is 0 Å². The Hall–Kier alpha value is -7.28. The number of hydrogen-bond acceptors (Lipinski definition) is 5. The molecule has 0 fully saturated rings. The maximum absolute atomic E-state index is 5.16.